The van der Waals surface area contributed by atoms with Crippen LogP contribution in [0, 0.1) is 13.8 Å². The largest absolute Gasteiger partial charge is 0.369 e. The van der Waals surface area contributed by atoms with Gasteiger partial charge in [0.2, 0.25) is 0 Å². The molecule has 2 aromatic heterocycles. The first-order valence-electron chi connectivity index (χ1n) is 10.1. The monoisotopic (exact) mass is 403 g/mol. The number of nitrogens with one attached hydrogen (secondary N) is 1. The van der Waals surface area contributed by atoms with E-state index in [0.717, 1.165) is 30.9 Å². The average molecular weight is 403 g/mol. The zero-order valence-electron chi connectivity index (χ0n) is 17.2. The van der Waals surface area contributed by atoms with Crippen molar-refractivity contribution in [1.29, 1.82) is 0 Å². The molecule has 1 unspecified atom stereocenters. The van der Waals surface area contributed by atoms with Crippen molar-refractivity contribution in [1.82, 2.24) is 19.9 Å². The van der Waals surface area contributed by atoms with Gasteiger partial charge in [-0.1, -0.05) is 18.2 Å². The van der Waals surface area contributed by atoms with Crippen LogP contribution in [0.4, 0.5) is 5.69 Å². The lowest BCUT2D eigenvalue weighted by atomic mass is 10.1. The van der Waals surface area contributed by atoms with Crippen LogP contribution in [0.3, 0.4) is 0 Å². The molecule has 0 radical (unpaired) electrons. The Kier molecular flexibility index (Phi) is 5.61. The molecule has 154 valence electrons. The molecule has 0 saturated carbocycles. The highest BCUT2D eigenvalue weighted by Crippen LogP contribution is 2.20. The third-order valence-corrected chi connectivity index (χ3v) is 5.41. The van der Waals surface area contributed by atoms with Crippen LogP contribution in [0.25, 0.3) is 0 Å². The number of hydrogen-bond donors (Lipinski definition) is 1. The molecule has 3 heterocycles. The summed E-state index contributed by atoms with van der Waals surface area (Å²) in [7, 11) is 0. The summed E-state index contributed by atoms with van der Waals surface area (Å²) in [4.78, 5) is 36.7. The summed E-state index contributed by atoms with van der Waals surface area (Å²) in [6.07, 6.45) is 5.86. The SMILES string of the molecule is Cc1cnc(Cn2ccc(C)c(C(=O)NC3CCN(c4ccccc4)C3)c2=O)cn1. The first kappa shape index (κ1) is 19.8. The first-order chi connectivity index (χ1) is 14.5. The third kappa shape index (κ3) is 4.25. The topological polar surface area (TPSA) is 80.1 Å². The number of hydrogen-bond acceptors (Lipinski definition) is 5. The molecule has 0 aliphatic carbocycles. The van der Waals surface area contributed by atoms with E-state index in [0.29, 0.717) is 11.3 Å². The minimum atomic E-state index is -0.318. The van der Waals surface area contributed by atoms with E-state index in [9.17, 15) is 9.59 Å². The summed E-state index contributed by atoms with van der Waals surface area (Å²) >= 11 is 0. The van der Waals surface area contributed by atoms with Crippen molar-refractivity contribution in [3.63, 3.8) is 0 Å². The molecule has 3 aromatic rings. The number of carbonyl (C=O) groups excluding carboxylic acids is 1. The third-order valence-electron chi connectivity index (χ3n) is 5.41. The molecule has 1 amide bonds. The zero-order valence-corrected chi connectivity index (χ0v) is 17.2. The van der Waals surface area contributed by atoms with Crippen molar-refractivity contribution in [2.75, 3.05) is 18.0 Å². The van der Waals surface area contributed by atoms with Gasteiger partial charge in [0, 0.05) is 37.2 Å². The number of nitrogens with zero attached hydrogens (tertiary/aromatic N) is 4. The van der Waals surface area contributed by atoms with Gasteiger partial charge in [-0.15, -0.1) is 0 Å². The number of anilines is 1. The number of pyridine rings is 1. The van der Waals surface area contributed by atoms with Crippen molar-refractivity contribution >= 4 is 11.6 Å². The number of aryl methyl sites for hydroxylation is 2. The van der Waals surface area contributed by atoms with Crippen LogP contribution in [-0.2, 0) is 6.54 Å². The van der Waals surface area contributed by atoms with E-state index in [1.54, 1.807) is 31.6 Å². The Bertz CT molecular complexity index is 1090. The van der Waals surface area contributed by atoms with Gasteiger partial charge >= 0.3 is 0 Å². The highest BCUT2D eigenvalue weighted by molar-refractivity contribution is 5.95. The summed E-state index contributed by atoms with van der Waals surface area (Å²) in [5.74, 6) is -0.318. The molecule has 1 fully saturated rings. The lowest BCUT2D eigenvalue weighted by molar-refractivity contribution is 0.0937. The highest BCUT2D eigenvalue weighted by Gasteiger charge is 2.26. The Hall–Kier alpha value is -3.48. The number of para-hydroxylation sites is 1. The van der Waals surface area contributed by atoms with Gasteiger partial charge in [0.05, 0.1) is 24.1 Å². The highest BCUT2D eigenvalue weighted by atomic mass is 16.2. The van der Waals surface area contributed by atoms with Crippen LogP contribution in [-0.4, -0.2) is 39.6 Å². The standard InChI is InChI=1S/C23H25N5O2/c1-16-8-10-28(15-19-13-24-17(2)12-25-19)23(30)21(16)22(29)26-18-9-11-27(14-18)20-6-4-3-5-7-20/h3-8,10,12-13,18H,9,11,14-15H2,1-2H3,(H,26,29). The van der Waals surface area contributed by atoms with E-state index in [1.165, 1.54) is 4.57 Å². The minimum Gasteiger partial charge on any atom is -0.369 e. The summed E-state index contributed by atoms with van der Waals surface area (Å²) < 4.78 is 1.51. The number of rotatable bonds is 5. The van der Waals surface area contributed by atoms with E-state index < -0.39 is 0 Å². The number of carbonyl (C=O) groups is 1. The van der Waals surface area contributed by atoms with Crippen LogP contribution in [0.15, 0.2) is 59.8 Å². The van der Waals surface area contributed by atoms with Crippen molar-refractivity contribution in [2.45, 2.75) is 32.9 Å². The second kappa shape index (κ2) is 8.49. The smallest absolute Gasteiger partial charge is 0.264 e. The van der Waals surface area contributed by atoms with Crippen LogP contribution in [0.1, 0.15) is 33.7 Å². The molecule has 1 N–H and O–H groups in total. The maximum Gasteiger partial charge on any atom is 0.264 e. The first-order valence-corrected chi connectivity index (χ1v) is 10.1. The maximum absolute atomic E-state index is 13.0. The summed E-state index contributed by atoms with van der Waals surface area (Å²) in [5.41, 5.74) is 3.18. The van der Waals surface area contributed by atoms with Gasteiger partial charge in [-0.05, 0) is 44.0 Å². The van der Waals surface area contributed by atoms with Gasteiger partial charge in [-0.3, -0.25) is 19.6 Å². The fourth-order valence-electron chi connectivity index (χ4n) is 3.75. The summed E-state index contributed by atoms with van der Waals surface area (Å²) in [6.45, 7) is 5.53. The zero-order chi connectivity index (χ0) is 21.1. The molecule has 1 aliphatic heterocycles. The number of benzene rings is 1. The fraction of sp³-hybridized carbons (Fsp3) is 0.304. The van der Waals surface area contributed by atoms with E-state index >= 15 is 0 Å². The second-order valence-electron chi connectivity index (χ2n) is 7.70. The van der Waals surface area contributed by atoms with Gasteiger partial charge in [-0.25, -0.2) is 0 Å². The Morgan fingerprint density at radius 3 is 2.67 bits per heavy atom. The molecule has 0 bridgehead atoms. The normalized spacial score (nSPS) is 15.9. The van der Waals surface area contributed by atoms with Gasteiger partial charge in [0.1, 0.15) is 5.56 Å². The Labute approximate surface area is 175 Å². The molecule has 1 atom stereocenters. The fourth-order valence-corrected chi connectivity index (χ4v) is 3.75. The van der Waals surface area contributed by atoms with Crippen LogP contribution in [0.2, 0.25) is 0 Å². The molecule has 1 saturated heterocycles. The van der Waals surface area contributed by atoms with Crippen LogP contribution >= 0.6 is 0 Å². The van der Waals surface area contributed by atoms with E-state index in [4.69, 9.17) is 0 Å². The molecule has 1 aromatic carbocycles. The maximum atomic E-state index is 13.0. The lowest BCUT2D eigenvalue weighted by Crippen LogP contribution is -2.41. The lowest BCUT2D eigenvalue weighted by Gasteiger charge is -2.19. The Morgan fingerprint density at radius 1 is 1.13 bits per heavy atom. The van der Waals surface area contributed by atoms with Crippen LogP contribution < -0.4 is 15.8 Å². The second-order valence-corrected chi connectivity index (χ2v) is 7.70. The quantitative estimate of drug-likeness (QED) is 0.707. The van der Waals surface area contributed by atoms with E-state index in [-0.39, 0.29) is 29.6 Å². The van der Waals surface area contributed by atoms with E-state index in [1.807, 2.05) is 25.1 Å². The molecule has 30 heavy (non-hydrogen) atoms. The molecule has 4 rings (SSSR count). The Balaban J connectivity index is 1.48. The molecule has 0 spiro atoms. The van der Waals surface area contributed by atoms with E-state index in [2.05, 4.69) is 32.3 Å². The molecule has 7 nitrogen and oxygen atoms in total. The van der Waals surface area contributed by atoms with Gasteiger partial charge in [0.15, 0.2) is 0 Å². The predicted molar refractivity (Wildman–Crippen MR) is 116 cm³/mol. The molecule has 7 heteroatoms. The van der Waals surface area contributed by atoms with Gasteiger partial charge < -0.3 is 14.8 Å². The number of amides is 1. The molecule has 1 aliphatic rings. The van der Waals surface area contributed by atoms with Crippen molar-refractivity contribution < 1.29 is 4.79 Å². The van der Waals surface area contributed by atoms with Gasteiger partial charge in [0.25, 0.3) is 11.5 Å². The van der Waals surface area contributed by atoms with Crippen molar-refractivity contribution in [2.24, 2.45) is 0 Å². The summed E-state index contributed by atoms with van der Waals surface area (Å²) in [5, 5.41) is 3.05. The Morgan fingerprint density at radius 2 is 1.93 bits per heavy atom. The predicted octanol–water partition coefficient (Wildman–Crippen LogP) is 2.31. The van der Waals surface area contributed by atoms with Crippen molar-refractivity contribution in [3.05, 3.63) is 87.9 Å². The number of aromatic nitrogens is 3. The van der Waals surface area contributed by atoms with Crippen LogP contribution in [0.5, 0.6) is 0 Å². The summed E-state index contributed by atoms with van der Waals surface area (Å²) in [6, 6.07) is 11.9. The van der Waals surface area contributed by atoms with Gasteiger partial charge in [-0.2, -0.15) is 0 Å². The minimum absolute atomic E-state index is 0.00753. The van der Waals surface area contributed by atoms with Crippen molar-refractivity contribution in [3.8, 4) is 0 Å². The molecular weight excluding hydrogens is 378 g/mol. The molecular formula is C23H25N5O2. The average Bonchev–Trinajstić information content (AvgIpc) is 3.21.